The zero-order chi connectivity index (χ0) is 14.7. The van der Waals surface area contributed by atoms with E-state index < -0.39 is 0 Å². The van der Waals surface area contributed by atoms with E-state index >= 15 is 0 Å². The smallest absolute Gasteiger partial charge is 0.161 e. The van der Waals surface area contributed by atoms with Gasteiger partial charge in [0.15, 0.2) is 5.82 Å². The van der Waals surface area contributed by atoms with E-state index in [2.05, 4.69) is 72.6 Å². The summed E-state index contributed by atoms with van der Waals surface area (Å²) < 4.78 is 0.965. The number of rotatable bonds is 4. The van der Waals surface area contributed by atoms with Crippen molar-refractivity contribution < 1.29 is 0 Å². The van der Waals surface area contributed by atoms with E-state index in [0.29, 0.717) is 16.9 Å². The molecule has 4 heteroatoms. The summed E-state index contributed by atoms with van der Waals surface area (Å²) in [5, 5.41) is 0.547. The van der Waals surface area contributed by atoms with E-state index in [1.54, 1.807) is 0 Å². The normalized spacial score (nSPS) is 11.1. The second kappa shape index (κ2) is 6.85. The number of aromatic nitrogens is 2. The molecule has 0 saturated heterocycles. The van der Waals surface area contributed by atoms with Crippen LogP contribution in [0.1, 0.15) is 32.0 Å². The third-order valence-electron chi connectivity index (χ3n) is 3.10. The highest BCUT2D eigenvalue weighted by molar-refractivity contribution is 14.1. The van der Waals surface area contributed by atoms with Crippen molar-refractivity contribution >= 4 is 34.2 Å². The summed E-state index contributed by atoms with van der Waals surface area (Å²) in [6.45, 7) is 6.51. The molecule has 1 heterocycles. The maximum atomic E-state index is 6.25. The van der Waals surface area contributed by atoms with Crippen molar-refractivity contribution in [1.29, 1.82) is 0 Å². The van der Waals surface area contributed by atoms with Crippen molar-refractivity contribution in [2.45, 2.75) is 33.6 Å². The fourth-order valence-corrected chi connectivity index (χ4v) is 2.65. The number of halogens is 2. The fourth-order valence-electron chi connectivity index (χ4n) is 2.00. The number of benzene rings is 1. The van der Waals surface area contributed by atoms with Crippen LogP contribution in [0, 0.1) is 9.49 Å². The third kappa shape index (κ3) is 3.70. The van der Waals surface area contributed by atoms with Crippen LogP contribution >= 0.6 is 34.2 Å². The summed E-state index contributed by atoms with van der Waals surface area (Å²) in [4.78, 5) is 9.11. The van der Waals surface area contributed by atoms with Crippen molar-refractivity contribution in [3.8, 4) is 11.4 Å². The molecule has 2 aromatic rings. The molecule has 0 spiro atoms. The minimum atomic E-state index is 0.546. The Morgan fingerprint density at radius 3 is 2.35 bits per heavy atom. The Balaban J connectivity index is 2.42. The van der Waals surface area contributed by atoms with Crippen LogP contribution in [-0.4, -0.2) is 9.97 Å². The summed E-state index contributed by atoms with van der Waals surface area (Å²) in [5.41, 5.74) is 3.37. The Morgan fingerprint density at radius 2 is 1.80 bits per heavy atom. The van der Waals surface area contributed by atoms with Crippen LogP contribution in [-0.2, 0) is 12.8 Å². The third-order valence-corrected chi connectivity index (χ3v) is 4.83. The van der Waals surface area contributed by atoms with Crippen molar-refractivity contribution in [1.82, 2.24) is 9.97 Å². The molecule has 106 valence electrons. The molecule has 0 aliphatic carbocycles. The molecule has 20 heavy (non-hydrogen) atoms. The average molecular weight is 401 g/mol. The van der Waals surface area contributed by atoms with E-state index in [9.17, 15) is 0 Å². The first-order valence-electron chi connectivity index (χ1n) is 6.82. The van der Waals surface area contributed by atoms with Gasteiger partial charge in [-0.15, -0.1) is 0 Å². The monoisotopic (exact) mass is 400 g/mol. The predicted molar refractivity (Wildman–Crippen MR) is 93.1 cm³/mol. The molecule has 1 aromatic heterocycles. The highest BCUT2D eigenvalue weighted by Gasteiger charge is 2.13. The standard InChI is InChI=1S/C16H18ClIN2/c1-4-11-5-7-12(8-6-11)16-19-13(9-10(2)3)14(18)15(17)20-16/h5-8,10H,4,9H2,1-3H3. The summed E-state index contributed by atoms with van der Waals surface area (Å²) in [5.74, 6) is 1.26. The Hall–Kier alpha value is -0.680. The van der Waals surface area contributed by atoms with E-state index in [-0.39, 0.29) is 0 Å². The Labute approximate surface area is 139 Å². The van der Waals surface area contributed by atoms with Gasteiger partial charge in [0.2, 0.25) is 0 Å². The van der Waals surface area contributed by atoms with Crippen LogP contribution in [0.25, 0.3) is 11.4 Å². The second-order valence-electron chi connectivity index (χ2n) is 5.25. The lowest BCUT2D eigenvalue weighted by Crippen LogP contribution is -2.04. The van der Waals surface area contributed by atoms with Crippen molar-refractivity contribution in [3.63, 3.8) is 0 Å². The fraction of sp³-hybridized carbons (Fsp3) is 0.375. The van der Waals surface area contributed by atoms with Crippen LogP contribution in [0.4, 0.5) is 0 Å². The largest absolute Gasteiger partial charge is 0.232 e. The van der Waals surface area contributed by atoms with E-state index in [1.807, 2.05) is 0 Å². The van der Waals surface area contributed by atoms with Crippen LogP contribution in [0.5, 0.6) is 0 Å². The highest BCUT2D eigenvalue weighted by Crippen LogP contribution is 2.25. The minimum absolute atomic E-state index is 0.546. The molecule has 0 atom stereocenters. The molecule has 0 aliphatic rings. The SMILES string of the molecule is CCc1ccc(-c2nc(Cl)c(I)c(CC(C)C)n2)cc1. The number of nitrogens with zero attached hydrogens (tertiary/aromatic N) is 2. The molecule has 0 unspecified atom stereocenters. The Morgan fingerprint density at radius 1 is 1.15 bits per heavy atom. The Bertz CT molecular complexity index is 594. The van der Waals surface area contributed by atoms with Crippen molar-refractivity contribution in [3.05, 3.63) is 44.2 Å². The number of aryl methyl sites for hydroxylation is 1. The molecule has 0 amide bonds. The lowest BCUT2D eigenvalue weighted by Gasteiger charge is -2.10. The van der Waals surface area contributed by atoms with E-state index in [1.165, 1.54) is 5.56 Å². The van der Waals surface area contributed by atoms with Crippen molar-refractivity contribution in [2.75, 3.05) is 0 Å². The molecule has 1 aromatic carbocycles. The van der Waals surface area contributed by atoms with Gasteiger partial charge in [-0.25, -0.2) is 9.97 Å². The number of hydrogen-bond acceptors (Lipinski definition) is 2. The first-order valence-corrected chi connectivity index (χ1v) is 8.28. The van der Waals surface area contributed by atoms with Gasteiger partial charge in [0.25, 0.3) is 0 Å². The van der Waals surface area contributed by atoms with Gasteiger partial charge in [0.05, 0.1) is 9.26 Å². The maximum absolute atomic E-state index is 6.25. The molecule has 0 N–H and O–H groups in total. The van der Waals surface area contributed by atoms with E-state index in [0.717, 1.165) is 27.7 Å². The quantitative estimate of drug-likeness (QED) is 0.523. The molecule has 2 rings (SSSR count). The van der Waals surface area contributed by atoms with Crippen LogP contribution in [0.3, 0.4) is 0 Å². The highest BCUT2D eigenvalue weighted by atomic mass is 127. The van der Waals surface area contributed by atoms with Crippen LogP contribution in [0.15, 0.2) is 24.3 Å². The molecular weight excluding hydrogens is 383 g/mol. The summed E-state index contributed by atoms with van der Waals surface area (Å²) in [6, 6.07) is 8.37. The molecule has 0 bridgehead atoms. The Kier molecular flexibility index (Phi) is 5.38. The summed E-state index contributed by atoms with van der Waals surface area (Å²) in [6.07, 6.45) is 1.95. The topological polar surface area (TPSA) is 25.8 Å². The second-order valence-corrected chi connectivity index (χ2v) is 6.68. The predicted octanol–water partition coefficient (Wildman–Crippen LogP) is 5.16. The van der Waals surface area contributed by atoms with Crippen LogP contribution in [0.2, 0.25) is 5.15 Å². The molecular formula is C16H18ClIN2. The van der Waals surface area contributed by atoms with Gasteiger partial charge >= 0.3 is 0 Å². The van der Waals surface area contributed by atoms with Gasteiger partial charge in [-0.3, -0.25) is 0 Å². The average Bonchev–Trinajstić information content (AvgIpc) is 2.43. The minimum Gasteiger partial charge on any atom is -0.232 e. The van der Waals surface area contributed by atoms with Gasteiger partial charge in [-0.2, -0.15) is 0 Å². The first-order chi connectivity index (χ1) is 9.51. The summed E-state index contributed by atoms with van der Waals surface area (Å²) in [7, 11) is 0. The molecule has 0 saturated carbocycles. The lowest BCUT2D eigenvalue weighted by molar-refractivity contribution is 0.632. The zero-order valence-corrected chi connectivity index (χ0v) is 14.9. The van der Waals surface area contributed by atoms with Gasteiger partial charge in [0, 0.05) is 5.56 Å². The van der Waals surface area contributed by atoms with Crippen molar-refractivity contribution in [2.24, 2.45) is 5.92 Å². The van der Waals surface area contributed by atoms with E-state index in [4.69, 9.17) is 16.6 Å². The number of hydrogen-bond donors (Lipinski definition) is 0. The maximum Gasteiger partial charge on any atom is 0.161 e. The zero-order valence-electron chi connectivity index (χ0n) is 12.0. The lowest BCUT2D eigenvalue weighted by atomic mass is 10.1. The summed E-state index contributed by atoms with van der Waals surface area (Å²) >= 11 is 8.48. The molecule has 2 nitrogen and oxygen atoms in total. The molecule has 0 radical (unpaired) electrons. The van der Waals surface area contributed by atoms with Crippen LogP contribution < -0.4 is 0 Å². The molecule has 0 aliphatic heterocycles. The van der Waals surface area contributed by atoms with Gasteiger partial charge in [0.1, 0.15) is 5.15 Å². The van der Waals surface area contributed by atoms with Gasteiger partial charge in [-0.05, 0) is 46.9 Å². The van der Waals surface area contributed by atoms with Gasteiger partial charge in [-0.1, -0.05) is 56.6 Å². The van der Waals surface area contributed by atoms with Gasteiger partial charge < -0.3 is 0 Å². The first kappa shape index (κ1) is 15.7. The molecule has 0 fully saturated rings.